The van der Waals surface area contributed by atoms with Crippen molar-refractivity contribution in [1.29, 1.82) is 0 Å². The van der Waals surface area contributed by atoms with Gasteiger partial charge in [0.1, 0.15) is 48.8 Å². The molecule has 7 rings (SSSR count). The lowest BCUT2D eigenvalue weighted by Gasteiger charge is -2.49. The second-order valence-corrected chi connectivity index (χ2v) is 17.7. The molecule has 70 heavy (non-hydrogen) atoms. The average molecular weight is 963 g/mol. The first-order valence-corrected chi connectivity index (χ1v) is 24.7. The van der Waals surface area contributed by atoms with E-state index in [1.54, 1.807) is 0 Å². The van der Waals surface area contributed by atoms with Crippen LogP contribution in [0.2, 0.25) is 0 Å². The summed E-state index contributed by atoms with van der Waals surface area (Å²) in [6.07, 6.45) is -4.27. The average Bonchev–Trinajstić information content (AvgIpc) is 3.40. The Morgan fingerprint density at radius 1 is 0.471 bits per heavy atom. The number of carbonyl (C=O) groups excluding carboxylic acids is 1. The van der Waals surface area contributed by atoms with Crippen LogP contribution in [0.3, 0.4) is 0 Å². The van der Waals surface area contributed by atoms with Crippen LogP contribution in [0.1, 0.15) is 72.8 Å². The molecule has 13 heteroatoms. The van der Waals surface area contributed by atoms with Crippen molar-refractivity contribution in [1.82, 2.24) is 0 Å². The van der Waals surface area contributed by atoms with E-state index >= 15 is 0 Å². The predicted molar refractivity (Wildman–Crippen MR) is 262 cm³/mol. The summed E-state index contributed by atoms with van der Waals surface area (Å²) >= 11 is 0. The van der Waals surface area contributed by atoms with E-state index in [9.17, 15) is 15.0 Å². The normalized spacial score (nSPS) is 24.6. The van der Waals surface area contributed by atoms with Gasteiger partial charge >= 0.3 is 5.97 Å². The van der Waals surface area contributed by atoms with Crippen molar-refractivity contribution in [3.63, 3.8) is 0 Å². The van der Waals surface area contributed by atoms with Gasteiger partial charge in [0, 0.05) is 13.0 Å². The first kappa shape index (κ1) is 52.9. The van der Waals surface area contributed by atoms with Crippen LogP contribution in [0, 0.1) is 0 Å². The number of benzene rings is 5. The highest BCUT2D eigenvalue weighted by atomic mass is 16.8. The zero-order valence-corrected chi connectivity index (χ0v) is 40.2. The van der Waals surface area contributed by atoms with Crippen LogP contribution < -0.4 is 0 Å². The van der Waals surface area contributed by atoms with Crippen LogP contribution in [-0.4, -0.2) is 105 Å². The number of aliphatic hydroxyl groups excluding tert-OH is 2. The molecule has 0 aromatic heterocycles. The molecule has 10 atom stereocenters. The molecule has 2 saturated heterocycles. The molecule has 2 fully saturated rings. The molecular formula is C57H70O13. The fourth-order valence-corrected chi connectivity index (χ4v) is 8.67. The Kier molecular flexibility index (Phi) is 22.3. The van der Waals surface area contributed by atoms with Crippen molar-refractivity contribution >= 4 is 5.97 Å². The third-order valence-corrected chi connectivity index (χ3v) is 12.5. The van der Waals surface area contributed by atoms with Gasteiger partial charge < -0.3 is 57.6 Å². The Morgan fingerprint density at radius 3 is 1.40 bits per heavy atom. The maximum Gasteiger partial charge on any atom is 0.305 e. The van der Waals surface area contributed by atoms with Gasteiger partial charge in [0.05, 0.1) is 53.4 Å². The SMILES string of the molecule is COC(=O)CCCCCCCCO[C@H]1O[C@H](CO)[C@@H](O)[C@H](OCc2ccccc2)[C@H]1O[C@H]1O[C@H](COCc2ccccc2)[C@@H](OCc2ccccc2)[C@H](OCc2ccccc2)[C@H]1OCc1ccccc1. The van der Waals surface area contributed by atoms with Crippen LogP contribution in [0.15, 0.2) is 152 Å². The van der Waals surface area contributed by atoms with E-state index in [1.165, 1.54) is 7.11 Å². The monoisotopic (exact) mass is 962 g/mol. The maximum absolute atomic E-state index is 12.0. The Hall–Kier alpha value is -4.87. The number of esters is 1. The van der Waals surface area contributed by atoms with E-state index in [1.807, 2.05) is 152 Å². The molecule has 376 valence electrons. The van der Waals surface area contributed by atoms with Crippen LogP contribution in [0.25, 0.3) is 0 Å². The molecule has 0 radical (unpaired) electrons. The van der Waals surface area contributed by atoms with Gasteiger partial charge in [-0.05, 0) is 40.7 Å². The number of hydrogen-bond acceptors (Lipinski definition) is 13. The molecule has 0 amide bonds. The highest BCUT2D eigenvalue weighted by Gasteiger charge is 2.54. The Bertz CT molecular complexity index is 2150. The highest BCUT2D eigenvalue weighted by Crippen LogP contribution is 2.36. The molecule has 0 unspecified atom stereocenters. The van der Waals surface area contributed by atoms with Gasteiger partial charge in [-0.25, -0.2) is 0 Å². The quantitative estimate of drug-likeness (QED) is 0.0348. The third-order valence-electron chi connectivity index (χ3n) is 12.5. The van der Waals surface area contributed by atoms with Gasteiger partial charge in [-0.15, -0.1) is 0 Å². The standard InChI is InChI=1S/C57H70O13/c1-61-49(59)33-21-4-2-3-5-22-34-63-56-55(52(50(60)47(35-58)68-56)65-38-44-27-15-8-16-28-44)70-57-54(67-40-46-31-19-10-20-32-46)53(66-39-45-29-17-9-18-30-45)51(64-37-43-25-13-7-14-26-43)48(69-57)41-62-36-42-23-11-6-12-24-42/h6-20,23-32,47-48,50-58,60H,2-5,21-22,33-41H2,1H3/t47-,48-,50-,51-,52+,53+,54-,55-,56+,57-/m1/s1. The van der Waals surface area contributed by atoms with Crippen LogP contribution in [0.5, 0.6) is 0 Å². The highest BCUT2D eigenvalue weighted by molar-refractivity contribution is 5.68. The smallest absolute Gasteiger partial charge is 0.305 e. The molecule has 0 spiro atoms. The summed E-state index contributed by atoms with van der Waals surface area (Å²) in [5.74, 6) is -0.193. The molecule has 5 aromatic carbocycles. The van der Waals surface area contributed by atoms with Gasteiger partial charge in [0.2, 0.25) is 0 Å². The van der Waals surface area contributed by atoms with Gasteiger partial charge in [0.25, 0.3) is 0 Å². The number of ether oxygens (including phenoxy) is 10. The number of carbonyl (C=O) groups is 1. The lowest BCUT2D eigenvalue weighted by Crippen LogP contribution is -2.66. The Morgan fingerprint density at radius 2 is 0.900 bits per heavy atom. The zero-order chi connectivity index (χ0) is 48.6. The van der Waals surface area contributed by atoms with Gasteiger partial charge in [0.15, 0.2) is 12.6 Å². The summed E-state index contributed by atoms with van der Waals surface area (Å²) in [4.78, 5) is 11.6. The Balaban J connectivity index is 1.20. The molecule has 2 aliphatic heterocycles. The van der Waals surface area contributed by atoms with Crippen molar-refractivity contribution in [2.75, 3.05) is 26.9 Å². The summed E-state index contributed by atoms with van der Waals surface area (Å²) in [7, 11) is 1.41. The predicted octanol–water partition coefficient (Wildman–Crippen LogP) is 8.65. The number of unbranched alkanes of at least 4 members (excludes halogenated alkanes) is 5. The third kappa shape index (κ3) is 16.6. The molecule has 2 N–H and O–H groups in total. The number of methoxy groups -OCH3 is 1. The molecule has 0 saturated carbocycles. The molecular weight excluding hydrogens is 893 g/mol. The molecule has 2 aliphatic rings. The topological polar surface area (TPSA) is 150 Å². The zero-order valence-electron chi connectivity index (χ0n) is 40.2. The molecule has 0 aliphatic carbocycles. The minimum absolute atomic E-state index is 0.109. The summed E-state index contributed by atoms with van der Waals surface area (Å²) in [6, 6.07) is 49.3. The fraction of sp³-hybridized carbons (Fsp3) is 0.456. The molecule has 13 nitrogen and oxygen atoms in total. The van der Waals surface area contributed by atoms with Crippen molar-refractivity contribution in [2.45, 2.75) is 139 Å². The summed E-state index contributed by atoms with van der Waals surface area (Å²) in [5.41, 5.74) is 4.73. The summed E-state index contributed by atoms with van der Waals surface area (Å²) < 4.78 is 65.7. The minimum Gasteiger partial charge on any atom is -0.469 e. The van der Waals surface area contributed by atoms with E-state index in [0.717, 1.165) is 59.9 Å². The van der Waals surface area contributed by atoms with Crippen LogP contribution >= 0.6 is 0 Å². The van der Waals surface area contributed by atoms with Crippen molar-refractivity contribution in [2.24, 2.45) is 0 Å². The van der Waals surface area contributed by atoms with Crippen LogP contribution in [-0.2, 0) is 85.2 Å². The van der Waals surface area contributed by atoms with Crippen molar-refractivity contribution in [3.8, 4) is 0 Å². The van der Waals surface area contributed by atoms with Gasteiger partial charge in [-0.3, -0.25) is 4.79 Å². The van der Waals surface area contributed by atoms with E-state index in [0.29, 0.717) is 26.1 Å². The maximum atomic E-state index is 12.0. The second-order valence-electron chi connectivity index (χ2n) is 17.7. The Labute approximate surface area is 412 Å². The second kappa shape index (κ2) is 29.5. The minimum atomic E-state index is -1.31. The number of hydrogen-bond donors (Lipinski definition) is 2. The fourth-order valence-electron chi connectivity index (χ4n) is 8.67. The van der Waals surface area contributed by atoms with E-state index < -0.39 is 68.0 Å². The molecule has 0 bridgehead atoms. The summed E-state index contributed by atoms with van der Waals surface area (Å²) in [6.45, 7) is 1.07. The molecule has 2 heterocycles. The first-order valence-electron chi connectivity index (χ1n) is 24.7. The van der Waals surface area contributed by atoms with Gasteiger partial charge in [-0.2, -0.15) is 0 Å². The number of aliphatic hydroxyl groups is 2. The van der Waals surface area contributed by atoms with Crippen molar-refractivity contribution < 1.29 is 62.4 Å². The first-order chi connectivity index (χ1) is 34.5. The lowest BCUT2D eigenvalue weighted by atomic mass is 9.96. The van der Waals surface area contributed by atoms with Crippen LogP contribution in [0.4, 0.5) is 0 Å². The molecule has 5 aromatic rings. The van der Waals surface area contributed by atoms with E-state index in [2.05, 4.69) is 0 Å². The van der Waals surface area contributed by atoms with Gasteiger partial charge in [-0.1, -0.05) is 177 Å². The summed E-state index contributed by atoms with van der Waals surface area (Å²) in [5, 5.41) is 22.5. The largest absolute Gasteiger partial charge is 0.469 e. The van der Waals surface area contributed by atoms with E-state index in [4.69, 9.17) is 47.4 Å². The lowest BCUT2D eigenvalue weighted by molar-refractivity contribution is -0.380. The van der Waals surface area contributed by atoms with Crippen molar-refractivity contribution in [3.05, 3.63) is 179 Å². The number of rotatable bonds is 29. The van der Waals surface area contributed by atoms with E-state index in [-0.39, 0.29) is 39.0 Å².